The van der Waals surface area contributed by atoms with Crippen molar-refractivity contribution >= 4 is 5.97 Å². The average Bonchev–Trinajstić information content (AvgIpc) is 2.08. The van der Waals surface area contributed by atoms with Crippen molar-refractivity contribution in [3.63, 3.8) is 0 Å². The van der Waals surface area contributed by atoms with Crippen molar-refractivity contribution in [2.45, 2.75) is 13.3 Å². The zero-order chi connectivity index (χ0) is 9.84. The highest BCUT2D eigenvalue weighted by Crippen LogP contribution is 2.17. The molecule has 4 heteroatoms. The molecule has 0 aromatic heterocycles. The van der Waals surface area contributed by atoms with Crippen LogP contribution in [0, 0.1) is 6.92 Å². The van der Waals surface area contributed by atoms with E-state index in [-0.39, 0.29) is 5.75 Å². The van der Waals surface area contributed by atoms with Crippen LogP contribution in [0.4, 0.5) is 8.78 Å². The molecule has 2 nitrogen and oxygen atoms in total. The highest BCUT2D eigenvalue weighted by atomic mass is 19.3. The van der Waals surface area contributed by atoms with Gasteiger partial charge in [0.05, 0.1) is 0 Å². The molecule has 0 spiro atoms. The summed E-state index contributed by atoms with van der Waals surface area (Å²) in [5.74, 6) is -1.35. The first kappa shape index (κ1) is 9.64. The topological polar surface area (TPSA) is 26.3 Å². The van der Waals surface area contributed by atoms with E-state index in [1.54, 1.807) is 25.1 Å². The number of benzene rings is 1. The third-order valence-corrected chi connectivity index (χ3v) is 1.48. The third kappa shape index (κ3) is 2.50. The van der Waals surface area contributed by atoms with Gasteiger partial charge in [-0.25, -0.2) is 4.79 Å². The molecule has 70 valence electrons. The first-order chi connectivity index (χ1) is 6.11. The molecule has 0 N–H and O–H groups in total. The van der Waals surface area contributed by atoms with Gasteiger partial charge in [-0.1, -0.05) is 18.2 Å². The molecule has 0 unspecified atom stereocenters. The maximum atomic E-state index is 11.8. The summed E-state index contributed by atoms with van der Waals surface area (Å²) >= 11 is 0. The fraction of sp³-hybridized carbons (Fsp3) is 0.222. The molecule has 0 heterocycles. The van der Waals surface area contributed by atoms with Crippen LogP contribution in [0.5, 0.6) is 5.75 Å². The molecule has 1 rings (SSSR count). The zero-order valence-corrected chi connectivity index (χ0v) is 6.96. The number of alkyl halides is 2. The Kier molecular flexibility index (Phi) is 2.95. The minimum absolute atomic E-state index is 0.174. The van der Waals surface area contributed by atoms with Crippen LogP contribution >= 0.6 is 0 Å². The van der Waals surface area contributed by atoms with Crippen molar-refractivity contribution in [3.05, 3.63) is 29.8 Å². The standard InChI is InChI=1S/C9H8F2O2/c1-6-4-2-3-5-7(6)13-9(12)8(10)11/h2-5,8H,1H3. The molecule has 0 fully saturated rings. The summed E-state index contributed by atoms with van der Waals surface area (Å²) in [7, 11) is 0. The second-order valence-corrected chi connectivity index (χ2v) is 2.49. The SMILES string of the molecule is Cc1ccccc1OC(=O)C(F)F. The summed E-state index contributed by atoms with van der Waals surface area (Å²) in [4.78, 5) is 10.5. The van der Waals surface area contributed by atoms with E-state index in [0.29, 0.717) is 5.56 Å². The fourth-order valence-corrected chi connectivity index (χ4v) is 0.824. The van der Waals surface area contributed by atoms with Crippen molar-refractivity contribution in [1.29, 1.82) is 0 Å². The lowest BCUT2D eigenvalue weighted by atomic mass is 10.2. The summed E-state index contributed by atoms with van der Waals surface area (Å²) in [6, 6.07) is 6.49. The van der Waals surface area contributed by atoms with Crippen molar-refractivity contribution in [1.82, 2.24) is 0 Å². The van der Waals surface area contributed by atoms with Crippen molar-refractivity contribution < 1.29 is 18.3 Å². The average molecular weight is 186 g/mol. The van der Waals surface area contributed by atoms with Crippen LogP contribution in [0.3, 0.4) is 0 Å². The number of ether oxygens (including phenoxy) is 1. The minimum atomic E-state index is -3.08. The molecule has 0 aliphatic heterocycles. The van der Waals surface area contributed by atoms with Gasteiger partial charge in [0.15, 0.2) is 0 Å². The Balaban J connectivity index is 2.75. The maximum absolute atomic E-state index is 11.8. The molecule has 0 bridgehead atoms. The molecule has 0 aliphatic rings. The maximum Gasteiger partial charge on any atom is 0.379 e. The number of hydrogen-bond acceptors (Lipinski definition) is 2. The van der Waals surface area contributed by atoms with Gasteiger partial charge in [-0.15, -0.1) is 0 Å². The smallest absolute Gasteiger partial charge is 0.379 e. The quantitative estimate of drug-likeness (QED) is 0.522. The molecule has 0 saturated carbocycles. The van der Waals surface area contributed by atoms with Gasteiger partial charge in [0.1, 0.15) is 5.75 Å². The van der Waals surface area contributed by atoms with E-state index >= 15 is 0 Å². The molecular weight excluding hydrogens is 178 g/mol. The number of aryl methyl sites for hydroxylation is 1. The molecule has 1 aromatic rings. The highest BCUT2D eigenvalue weighted by Gasteiger charge is 2.18. The number of esters is 1. The fourth-order valence-electron chi connectivity index (χ4n) is 0.824. The van der Waals surface area contributed by atoms with Gasteiger partial charge in [-0.3, -0.25) is 0 Å². The zero-order valence-electron chi connectivity index (χ0n) is 6.96. The summed E-state index contributed by atoms with van der Waals surface area (Å²) in [5.41, 5.74) is 0.650. The van der Waals surface area contributed by atoms with Crippen LogP contribution in [0.25, 0.3) is 0 Å². The number of carbonyl (C=O) groups excluding carboxylic acids is 1. The van der Waals surface area contributed by atoms with Crippen LogP contribution in [-0.4, -0.2) is 12.4 Å². The van der Waals surface area contributed by atoms with Gasteiger partial charge >= 0.3 is 12.4 Å². The Bertz CT molecular complexity index is 310. The van der Waals surface area contributed by atoms with Gasteiger partial charge < -0.3 is 4.74 Å². The van der Waals surface area contributed by atoms with E-state index in [4.69, 9.17) is 0 Å². The number of hydrogen-bond donors (Lipinski definition) is 0. The molecular formula is C9H8F2O2. The molecule has 0 atom stereocenters. The van der Waals surface area contributed by atoms with E-state index in [1.165, 1.54) is 6.07 Å². The summed E-state index contributed by atoms with van der Waals surface area (Å²) in [6.45, 7) is 1.67. The monoisotopic (exact) mass is 186 g/mol. The number of carbonyl (C=O) groups is 1. The number of para-hydroxylation sites is 1. The summed E-state index contributed by atoms with van der Waals surface area (Å²) in [6.07, 6.45) is -3.08. The lowest BCUT2D eigenvalue weighted by Crippen LogP contribution is -2.17. The molecule has 0 aliphatic carbocycles. The predicted octanol–water partition coefficient (Wildman–Crippen LogP) is 2.17. The largest absolute Gasteiger partial charge is 0.422 e. The molecule has 0 radical (unpaired) electrons. The first-order valence-electron chi connectivity index (χ1n) is 3.66. The normalized spacial score (nSPS) is 10.2. The molecule has 13 heavy (non-hydrogen) atoms. The lowest BCUT2D eigenvalue weighted by molar-refractivity contribution is -0.146. The van der Waals surface area contributed by atoms with E-state index in [1.807, 2.05) is 0 Å². The number of rotatable bonds is 2. The summed E-state index contributed by atoms with van der Waals surface area (Å²) in [5, 5.41) is 0. The second-order valence-electron chi connectivity index (χ2n) is 2.49. The Morgan fingerprint density at radius 2 is 2.00 bits per heavy atom. The molecule has 1 aromatic carbocycles. The minimum Gasteiger partial charge on any atom is -0.422 e. The van der Waals surface area contributed by atoms with Crippen LogP contribution in [0.2, 0.25) is 0 Å². The Labute approximate surface area is 74.1 Å². The van der Waals surface area contributed by atoms with Gasteiger partial charge in [-0.2, -0.15) is 8.78 Å². The molecule has 0 saturated heterocycles. The molecule has 0 amide bonds. The van der Waals surface area contributed by atoms with Crippen LogP contribution in [-0.2, 0) is 4.79 Å². The van der Waals surface area contributed by atoms with Crippen LogP contribution in [0.1, 0.15) is 5.56 Å². The number of halogens is 2. The van der Waals surface area contributed by atoms with Crippen molar-refractivity contribution in [3.8, 4) is 5.75 Å². The lowest BCUT2D eigenvalue weighted by Gasteiger charge is -2.05. The Morgan fingerprint density at radius 3 is 2.54 bits per heavy atom. The highest BCUT2D eigenvalue weighted by molar-refractivity contribution is 5.75. The van der Waals surface area contributed by atoms with Crippen molar-refractivity contribution in [2.24, 2.45) is 0 Å². The van der Waals surface area contributed by atoms with Gasteiger partial charge in [0, 0.05) is 0 Å². The van der Waals surface area contributed by atoms with E-state index in [0.717, 1.165) is 0 Å². The third-order valence-electron chi connectivity index (χ3n) is 1.48. The van der Waals surface area contributed by atoms with E-state index in [9.17, 15) is 13.6 Å². The second kappa shape index (κ2) is 3.98. The van der Waals surface area contributed by atoms with Crippen LogP contribution < -0.4 is 4.74 Å². The van der Waals surface area contributed by atoms with Crippen LogP contribution in [0.15, 0.2) is 24.3 Å². The van der Waals surface area contributed by atoms with Crippen molar-refractivity contribution in [2.75, 3.05) is 0 Å². The Morgan fingerprint density at radius 1 is 1.38 bits per heavy atom. The predicted molar refractivity (Wildman–Crippen MR) is 42.8 cm³/mol. The van der Waals surface area contributed by atoms with Gasteiger partial charge in [0.25, 0.3) is 0 Å². The van der Waals surface area contributed by atoms with E-state index in [2.05, 4.69) is 4.74 Å². The van der Waals surface area contributed by atoms with Gasteiger partial charge in [-0.05, 0) is 18.6 Å². The summed E-state index contributed by atoms with van der Waals surface area (Å²) < 4.78 is 28.0. The first-order valence-corrected chi connectivity index (χ1v) is 3.66. The Hall–Kier alpha value is -1.45. The van der Waals surface area contributed by atoms with Gasteiger partial charge in [0.2, 0.25) is 0 Å². The van der Waals surface area contributed by atoms with E-state index < -0.39 is 12.4 Å².